The minimum Gasteiger partial charge on any atom is -0.373 e. The number of amides is 1. The maximum Gasteiger partial charge on any atom is 0.391 e. The summed E-state index contributed by atoms with van der Waals surface area (Å²) in [5.41, 5.74) is 0. The number of morpholine rings is 1. The quantitative estimate of drug-likeness (QED) is 0.696. The van der Waals surface area contributed by atoms with Crippen molar-refractivity contribution in [1.29, 1.82) is 0 Å². The van der Waals surface area contributed by atoms with E-state index in [0.29, 0.717) is 31.3 Å². The molecule has 4 atom stereocenters. The molecular weight excluding hydrogens is 351 g/mol. The second-order valence-electron chi connectivity index (χ2n) is 6.05. The fourth-order valence-electron chi connectivity index (χ4n) is 3.16. The summed E-state index contributed by atoms with van der Waals surface area (Å²) in [7, 11) is 0. The first-order chi connectivity index (χ1) is 9.82. The maximum atomic E-state index is 12.9. The third kappa shape index (κ3) is 4.12. The molecule has 0 aromatic rings. The maximum absolute atomic E-state index is 12.9. The topological polar surface area (TPSA) is 29.5 Å². The van der Waals surface area contributed by atoms with Gasteiger partial charge in [-0.05, 0) is 26.2 Å². The van der Waals surface area contributed by atoms with E-state index in [9.17, 15) is 18.0 Å². The molecule has 2 fully saturated rings. The summed E-state index contributed by atoms with van der Waals surface area (Å²) in [6.45, 7) is 2.78. The van der Waals surface area contributed by atoms with Crippen LogP contribution in [0.3, 0.4) is 0 Å². The Kier molecular flexibility index (Phi) is 5.57. The van der Waals surface area contributed by atoms with E-state index < -0.39 is 18.0 Å². The lowest BCUT2D eigenvalue weighted by molar-refractivity contribution is -0.188. The average molecular weight is 372 g/mol. The van der Waals surface area contributed by atoms with E-state index in [1.807, 2.05) is 6.92 Å². The summed E-state index contributed by atoms with van der Waals surface area (Å²) in [4.78, 5) is 14.3. The van der Waals surface area contributed by atoms with Crippen molar-refractivity contribution in [2.45, 2.75) is 50.9 Å². The highest BCUT2D eigenvalue weighted by atomic mass is 79.9. The summed E-state index contributed by atoms with van der Waals surface area (Å²) in [5, 5.41) is 0.624. The molecule has 1 aliphatic heterocycles. The Bertz CT molecular complexity index is 378. The van der Waals surface area contributed by atoms with Crippen LogP contribution in [0.2, 0.25) is 0 Å². The Morgan fingerprint density at radius 3 is 2.71 bits per heavy atom. The highest BCUT2D eigenvalue weighted by Gasteiger charge is 2.45. The number of halogens is 4. The van der Waals surface area contributed by atoms with Crippen LogP contribution in [0.15, 0.2) is 0 Å². The van der Waals surface area contributed by atoms with Gasteiger partial charge in [-0.1, -0.05) is 22.4 Å². The fraction of sp³-hybridized carbons (Fsp3) is 0.929. The molecule has 1 heterocycles. The first-order valence-electron chi connectivity index (χ1n) is 7.37. The predicted octanol–water partition coefficient (Wildman–Crippen LogP) is 3.37. The van der Waals surface area contributed by atoms with Gasteiger partial charge in [0.15, 0.2) is 0 Å². The lowest BCUT2D eigenvalue weighted by Gasteiger charge is -2.41. The van der Waals surface area contributed by atoms with Crippen LogP contribution in [0.4, 0.5) is 13.2 Å². The molecule has 2 rings (SSSR count). The molecule has 0 aromatic heterocycles. The molecular formula is C14H21BrF3NO2. The van der Waals surface area contributed by atoms with Crippen molar-refractivity contribution in [3.63, 3.8) is 0 Å². The lowest BCUT2D eigenvalue weighted by atomic mass is 9.80. The average Bonchev–Trinajstić information content (AvgIpc) is 2.46. The smallest absolute Gasteiger partial charge is 0.373 e. The Balaban J connectivity index is 2.01. The van der Waals surface area contributed by atoms with Gasteiger partial charge in [0.05, 0.1) is 24.7 Å². The largest absolute Gasteiger partial charge is 0.391 e. The van der Waals surface area contributed by atoms with Crippen molar-refractivity contribution in [2.75, 3.05) is 18.5 Å². The molecule has 122 valence electrons. The van der Waals surface area contributed by atoms with Crippen LogP contribution in [0.1, 0.15) is 32.6 Å². The summed E-state index contributed by atoms with van der Waals surface area (Å²) in [6.07, 6.45) is -3.14. The molecule has 0 aromatic carbocycles. The molecule has 3 nitrogen and oxygen atoms in total. The van der Waals surface area contributed by atoms with Crippen LogP contribution in [-0.4, -0.2) is 47.6 Å². The molecule has 1 saturated carbocycles. The summed E-state index contributed by atoms with van der Waals surface area (Å²) in [6, 6.07) is -0.0703. The third-order valence-corrected chi connectivity index (χ3v) is 5.17. The van der Waals surface area contributed by atoms with Crippen molar-refractivity contribution in [3.05, 3.63) is 0 Å². The van der Waals surface area contributed by atoms with Crippen LogP contribution in [0.25, 0.3) is 0 Å². The number of carbonyl (C=O) groups excluding carboxylic acids is 1. The minimum atomic E-state index is -4.19. The Morgan fingerprint density at radius 1 is 1.38 bits per heavy atom. The van der Waals surface area contributed by atoms with Crippen molar-refractivity contribution < 1.29 is 22.7 Å². The molecule has 7 heteroatoms. The zero-order valence-corrected chi connectivity index (χ0v) is 13.6. The zero-order valence-electron chi connectivity index (χ0n) is 12.0. The van der Waals surface area contributed by atoms with Gasteiger partial charge in [0.1, 0.15) is 0 Å². The summed E-state index contributed by atoms with van der Waals surface area (Å²) in [5.74, 6) is -1.96. The number of hydrogen-bond donors (Lipinski definition) is 0. The first-order valence-corrected chi connectivity index (χ1v) is 8.49. The molecule has 2 aliphatic rings. The Morgan fingerprint density at radius 2 is 2.10 bits per heavy atom. The fourth-order valence-corrected chi connectivity index (χ4v) is 3.56. The van der Waals surface area contributed by atoms with E-state index in [1.165, 1.54) is 0 Å². The van der Waals surface area contributed by atoms with Gasteiger partial charge in [-0.2, -0.15) is 13.2 Å². The van der Waals surface area contributed by atoms with Crippen LogP contribution in [0.5, 0.6) is 0 Å². The number of carbonyl (C=O) groups is 1. The molecule has 0 bridgehead atoms. The Labute approximate surface area is 131 Å². The van der Waals surface area contributed by atoms with E-state index in [2.05, 4.69) is 15.9 Å². The SMILES string of the molecule is CC1COC(CBr)CN1C(=O)C1CCCC(C(F)(F)F)C1. The van der Waals surface area contributed by atoms with Gasteiger partial charge in [-0.15, -0.1) is 0 Å². The summed E-state index contributed by atoms with van der Waals surface area (Å²) < 4.78 is 44.1. The van der Waals surface area contributed by atoms with Crippen LogP contribution >= 0.6 is 15.9 Å². The number of nitrogens with zero attached hydrogens (tertiary/aromatic N) is 1. The van der Waals surface area contributed by atoms with Crippen LogP contribution < -0.4 is 0 Å². The van der Waals surface area contributed by atoms with Crippen LogP contribution in [-0.2, 0) is 9.53 Å². The first kappa shape index (κ1) is 17.1. The van der Waals surface area contributed by atoms with Gasteiger partial charge < -0.3 is 9.64 Å². The second-order valence-corrected chi connectivity index (χ2v) is 6.70. The molecule has 1 amide bonds. The van der Waals surface area contributed by atoms with Gasteiger partial charge in [0.25, 0.3) is 0 Å². The van der Waals surface area contributed by atoms with Crippen molar-refractivity contribution in [3.8, 4) is 0 Å². The second kappa shape index (κ2) is 6.86. The highest BCUT2D eigenvalue weighted by molar-refractivity contribution is 9.09. The van der Waals surface area contributed by atoms with Gasteiger partial charge in [-0.25, -0.2) is 0 Å². The van der Waals surface area contributed by atoms with Gasteiger partial charge in [-0.3, -0.25) is 4.79 Å². The lowest BCUT2D eigenvalue weighted by Crippen LogP contribution is -2.53. The van der Waals surface area contributed by atoms with E-state index in [4.69, 9.17) is 4.74 Å². The standard InChI is InChI=1S/C14H21BrF3NO2/c1-9-8-21-12(6-15)7-19(9)13(20)10-3-2-4-11(5-10)14(16,17)18/h9-12H,2-8H2,1H3. The molecule has 1 saturated heterocycles. The molecule has 1 aliphatic carbocycles. The number of rotatable bonds is 2. The summed E-state index contributed by atoms with van der Waals surface area (Å²) >= 11 is 3.33. The molecule has 0 spiro atoms. The number of ether oxygens (including phenoxy) is 1. The predicted molar refractivity (Wildman–Crippen MR) is 76.2 cm³/mol. The molecule has 0 radical (unpaired) electrons. The van der Waals surface area contributed by atoms with Gasteiger partial charge >= 0.3 is 6.18 Å². The molecule has 0 N–H and O–H groups in total. The van der Waals surface area contributed by atoms with Gasteiger partial charge in [0.2, 0.25) is 5.91 Å². The Hall–Kier alpha value is -0.300. The highest BCUT2D eigenvalue weighted by Crippen LogP contribution is 2.40. The van der Waals surface area contributed by atoms with E-state index in [-0.39, 0.29) is 30.9 Å². The normalized spacial score (nSPS) is 34.8. The van der Waals surface area contributed by atoms with E-state index >= 15 is 0 Å². The molecule has 4 unspecified atom stereocenters. The van der Waals surface area contributed by atoms with Crippen molar-refractivity contribution >= 4 is 21.8 Å². The minimum absolute atomic E-state index is 0.0641. The van der Waals surface area contributed by atoms with E-state index in [1.54, 1.807) is 4.90 Å². The van der Waals surface area contributed by atoms with Gasteiger partial charge in [0, 0.05) is 17.8 Å². The van der Waals surface area contributed by atoms with Crippen molar-refractivity contribution in [1.82, 2.24) is 4.90 Å². The van der Waals surface area contributed by atoms with E-state index in [0.717, 1.165) is 0 Å². The van der Waals surface area contributed by atoms with Crippen LogP contribution in [0, 0.1) is 11.8 Å². The number of alkyl halides is 4. The third-order valence-electron chi connectivity index (χ3n) is 4.45. The number of hydrogen-bond acceptors (Lipinski definition) is 2. The van der Waals surface area contributed by atoms with Crippen molar-refractivity contribution in [2.24, 2.45) is 11.8 Å². The molecule has 21 heavy (non-hydrogen) atoms. The monoisotopic (exact) mass is 371 g/mol. The zero-order chi connectivity index (χ0) is 15.6.